The molecule has 5 nitrogen and oxygen atoms in total. The van der Waals surface area contributed by atoms with Crippen LogP contribution in [0.2, 0.25) is 0 Å². The van der Waals surface area contributed by atoms with Crippen LogP contribution in [0.4, 0.5) is 0 Å². The second kappa shape index (κ2) is 6.14. The van der Waals surface area contributed by atoms with Gasteiger partial charge >= 0.3 is 0 Å². The maximum Gasteiger partial charge on any atom is 0.109 e. The zero-order valence-electron chi connectivity index (χ0n) is 10.7. The SMILES string of the molecule is CN1CCOC(CNCCc2nccn2C)C1. The Balaban J connectivity index is 1.61. The number of rotatable bonds is 5. The average Bonchev–Trinajstić information content (AvgIpc) is 2.71. The number of aryl methyl sites for hydroxylation is 1. The lowest BCUT2D eigenvalue weighted by molar-refractivity contribution is -0.0179. The Morgan fingerprint density at radius 1 is 1.53 bits per heavy atom. The Morgan fingerprint density at radius 2 is 2.41 bits per heavy atom. The smallest absolute Gasteiger partial charge is 0.109 e. The van der Waals surface area contributed by atoms with Gasteiger partial charge in [0.05, 0.1) is 12.7 Å². The molecule has 0 radical (unpaired) electrons. The quantitative estimate of drug-likeness (QED) is 0.727. The molecule has 1 aliphatic heterocycles. The number of nitrogens with one attached hydrogen (secondary N) is 1. The predicted molar refractivity (Wildman–Crippen MR) is 67.0 cm³/mol. The van der Waals surface area contributed by atoms with Crippen LogP contribution in [-0.2, 0) is 18.2 Å². The van der Waals surface area contributed by atoms with Gasteiger partial charge in [-0.2, -0.15) is 0 Å². The first kappa shape index (κ1) is 12.5. The van der Waals surface area contributed by atoms with Crippen LogP contribution in [0.1, 0.15) is 5.82 Å². The molecule has 1 unspecified atom stereocenters. The van der Waals surface area contributed by atoms with Gasteiger partial charge in [0.2, 0.25) is 0 Å². The van der Waals surface area contributed by atoms with Crippen molar-refractivity contribution in [1.82, 2.24) is 19.8 Å². The fraction of sp³-hybridized carbons (Fsp3) is 0.750. The number of ether oxygens (including phenoxy) is 1. The van der Waals surface area contributed by atoms with Crippen LogP contribution in [0, 0.1) is 0 Å². The number of hydrogen-bond acceptors (Lipinski definition) is 4. The molecule has 17 heavy (non-hydrogen) atoms. The molecule has 0 aliphatic carbocycles. The molecular weight excluding hydrogens is 216 g/mol. The molecular formula is C12H22N4O. The normalized spacial score (nSPS) is 21.9. The zero-order chi connectivity index (χ0) is 12.1. The van der Waals surface area contributed by atoms with Crippen LogP contribution in [0.5, 0.6) is 0 Å². The summed E-state index contributed by atoms with van der Waals surface area (Å²) in [5.74, 6) is 1.12. The maximum absolute atomic E-state index is 5.68. The monoisotopic (exact) mass is 238 g/mol. The molecule has 0 aromatic carbocycles. The fourth-order valence-corrected chi connectivity index (χ4v) is 2.09. The second-order valence-electron chi connectivity index (χ2n) is 4.66. The number of nitrogens with zero attached hydrogens (tertiary/aromatic N) is 3. The molecule has 0 bridgehead atoms. The van der Waals surface area contributed by atoms with E-state index in [0.717, 1.165) is 45.0 Å². The third-order valence-corrected chi connectivity index (χ3v) is 3.16. The first-order valence-electron chi connectivity index (χ1n) is 6.23. The van der Waals surface area contributed by atoms with E-state index in [4.69, 9.17) is 4.74 Å². The van der Waals surface area contributed by atoms with Crippen molar-refractivity contribution in [3.05, 3.63) is 18.2 Å². The van der Waals surface area contributed by atoms with Crippen LogP contribution in [0.3, 0.4) is 0 Å². The van der Waals surface area contributed by atoms with Crippen LogP contribution < -0.4 is 5.32 Å². The molecule has 1 aromatic heterocycles. The summed E-state index contributed by atoms with van der Waals surface area (Å²) in [5.41, 5.74) is 0. The highest BCUT2D eigenvalue weighted by Gasteiger charge is 2.16. The Hall–Kier alpha value is -0.910. The van der Waals surface area contributed by atoms with Crippen LogP contribution in [0.15, 0.2) is 12.4 Å². The number of imidazole rings is 1. The Labute approximate surface area is 103 Å². The minimum absolute atomic E-state index is 0.329. The molecule has 5 heteroatoms. The molecule has 2 rings (SSSR count). The molecule has 0 saturated carbocycles. The number of aromatic nitrogens is 2. The number of likely N-dealkylation sites (N-methyl/N-ethyl adjacent to an activating group) is 1. The van der Waals surface area contributed by atoms with E-state index in [2.05, 4.69) is 26.8 Å². The van der Waals surface area contributed by atoms with E-state index < -0.39 is 0 Å². The molecule has 1 N–H and O–H groups in total. The van der Waals surface area contributed by atoms with Crippen molar-refractivity contribution in [2.24, 2.45) is 7.05 Å². The standard InChI is InChI=1S/C12H22N4O/c1-15-7-8-17-11(10-15)9-13-4-3-12-14-5-6-16(12)2/h5-6,11,13H,3-4,7-10H2,1-2H3. The van der Waals surface area contributed by atoms with Gasteiger partial charge < -0.3 is 19.5 Å². The average molecular weight is 238 g/mol. The summed E-state index contributed by atoms with van der Waals surface area (Å²) in [7, 11) is 4.17. The minimum Gasteiger partial charge on any atom is -0.374 e. The highest BCUT2D eigenvalue weighted by Crippen LogP contribution is 2.01. The van der Waals surface area contributed by atoms with Crippen LogP contribution >= 0.6 is 0 Å². The summed E-state index contributed by atoms with van der Waals surface area (Å²) >= 11 is 0. The zero-order valence-corrected chi connectivity index (χ0v) is 10.7. The van der Waals surface area contributed by atoms with Gasteiger partial charge in [-0.25, -0.2) is 4.98 Å². The third kappa shape index (κ3) is 3.80. The third-order valence-electron chi connectivity index (χ3n) is 3.16. The van der Waals surface area contributed by atoms with E-state index in [0.29, 0.717) is 6.10 Å². The van der Waals surface area contributed by atoms with Gasteiger partial charge in [0.25, 0.3) is 0 Å². The molecule has 1 atom stereocenters. The Morgan fingerprint density at radius 3 is 3.12 bits per heavy atom. The summed E-state index contributed by atoms with van der Waals surface area (Å²) < 4.78 is 7.75. The van der Waals surface area contributed by atoms with Crippen molar-refractivity contribution in [3.63, 3.8) is 0 Å². The van der Waals surface area contributed by atoms with Gasteiger partial charge in [-0.1, -0.05) is 0 Å². The molecule has 0 amide bonds. The molecule has 96 valence electrons. The van der Waals surface area contributed by atoms with E-state index >= 15 is 0 Å². The van der Waals surface area contributed by atoms with Crippen molar-refractivity contribution in [1.29, 1.82) is 0 Å². The minimum atomic E-state index is 0.329. The first-order valence-corrected chi connectivity index (χ1v) is 6.23. The summed E-state index contributed by atoms with van der Waals surface area (Å²) in [5, 5.41) is 3.44. The highest BCUT2D eigenvalue weighted by molar-refractivity contribution is 4.91. The highest BCUT2D eigenvalue weighted by atomic mass is 16.5. The lowest BCUT2D eigenvalue weighted by Crippen LogP contribution is -2.45. The van der Waals surface area contributed by atoms with Gasteiger partial charge in [0.1, 0.15) is 5.82 Å². The van der Waals surface area contributed by atoms with Crippen molar-refractivity contribution in [2.45, 2.75) is 12.5 Å². The number of morpholine rings is 1. The van der Waals surface area contributed by atoms with E-state index in [1.165, 1.54) is 0 Å². The van der Waals surface area contributed by atoms with Gasteiger partial charge in [0, 0.05) is 52.0 Å². The maximum atomic E-state index is 5.68. The van der Waals surface area contributed by atoms with Gasteiger partial charge in [-0.3, -0.25) is 0 Å². The van der Waals surface area contributed by atoms with Crippen molar-refractivity contribution >= 4 is 0 Å². The van der Waals surface area contributed by atoms with Crippen molar-refractivity contribution < 1.29 is 4.74 Å². The van der Waals surface area contributed by atoms with E-state index in [1.54, 1.807) is 0 Å². The lowest BCUT2D eigenvalue weighted by atomic mass is 10.3. The Kier molecular flexibility index (Phi) is 4.53. The van der Waals surface area contributed by atoms with Crippen molar-refractivity contribution in [3.8, 4) is 0 Å². The van der Waals surface area contributed by atoms with Crippen LogP contribution in [-0.4, -0.2) is 60.4 Å². The molecule has 1 saturated heterocycles. The molecule has 0 spiro atoms. The number of hydrogen-bond donors (Lipinski definition) is 1. The lowest BCUT2D eigenvalue weighted by Gasteiger charge is -2.30. The van der Waals surface area contributed by atoms with Crippen molar-refractivity contribution in [2.75, 3.05) is 39.8 Å². The fourth-order valence-electron chi connectivity index (χ4n) is 2.09. The van der Waals surface area contributed by atoms with Gasteiger partial charge in [0.15, 0.2) is 0 Å². The summed E-state index contributed by atoms with van der Waals surface area (Å²) in [6.07, 6.45) is 5.12. The summed E-state index contributed by atoms with van der Waals surface area (Å²) in [4.78, 5) is 6.61. The van der Waals surface area contributed by atoms with Crippen LogP contribution in [0.25, 0.3) is 0 Å². The predicted octanol–water partition coefficient (Wildman–Crippen LogP) is -0.117. The van der Waals surface area contributed by atoms with E-state index in [9.17, 15) is 0 Å². The molecule has 2 heterocycles. The molecule has 1 fully saturated rings. The second-order valence-corrected chi connectivity index (χ2v) is 4.66. The topological polar surface area (TPSA) is 42.3 Å². The molecule has 1 aliphatic rings. The largest absolute Gasteiger partial charge is 0.374 e. The first-order chi connectivity index (χ1) is 8.25. The van der Waals surface area contributed by atoms with Gasteiger partial charge in [-0.15, -0.1) is 0 Å². The molecule has 1 aromatic rings. The summed E-state index contributed by atoms with van der Waals surface area (Å²) in [6.45, 7) is 4.80. The van der Waals surface area contributed by atoms with E-state index in [-0.39, 0.29) is 0 Å². The van der Waals surface area contributed by atoms with E-state index in [1.807, 2.05) is 19.4 Å². The van der Waals surface area contributed by atoms with Gasteiger partial charge in [-0.05, 0) is 7.05 Å². The Bertz CT molecular complexity index is 339. The summed E-state index contributed by atoms with van der Waals surface area (Å²) in [6, 6.07) is 0.